The predicted molar refractivity (Wildman–Crippen MR) is 169 cm³/mol. The third-order valence-electron chi connectivity index (χ3n) is 8.53. The number of carboxylic acid groups (broad SMARTS) is 1. The van der Waals surface area contributed by atoms with Crippen molar-refractivity contribution in [1.82, 2.24) is 4.90 Å². The summed E-state index contributed by atoms with van der Waals surface area (Å²) in [5, 5.41) is 10.1. The lowest BCUT2D eigenvalue weighted by molar-refractivity contribution is -0.124. The van der Waals surface area contributed by atoms with Gasteiger partial charge in [-0.2, -0.15) is 0 Å². The van der Waals surface area contributed by atoms with Crippen LogP contribution in [-0.2, 0) is 9.53 Å². The monoisotopic (exact) mass is 596 g/mol. The molecular weight excluding hydrogens is 548 g/mol. The SMILES string of the molecule is CC1CCC(C(=O)N(c2cc(C#CC(C)(C)C)sc2C(=O)O)C2CCC(O/C(N)=C/C=C(\N)N3CCCC3)CC2)CC1. The first-order valence-corrected chi connectivity index (χ1v) is 16.3. The van der Waals surface area contributed by atoms with Crippen LogP contribution in [0.25, 0.3) is 0 Å². The number of carbonyl (C=O) groups excluding carboxylic acids is 1. The van der Waals surface area contributed by atoms with Crippen molar-refractivity contribution in [2.75, 3.05) is 18.0 Å². The van der Waals surface area contributed by atoms with Crippen molar-refractivity contribution in [3.05, 3.63) is 39.7 Å². The summed E-state index contributed by atoms with van der Waals surface area (Å²) >= 11 is 1.16. The molecule has 3 aliphatic rings. The maximum absolute atomic E-state index is 14.1. The summed E-state index contributed by atoms with van der Waals surface area (Å²) in [6.07, 6.45) is 12.3. The van der Waals surface area contributed by atoms with Gasteiger partial charge in [0.05, 0.1) is 16.4 Å². The number of aromatic carboxylic acids is 1. The van der Waals surface area contributed by atoms with E-state index in [0.29, 0.717) is 41.0 Å². The average Bonchev–Trinajstić information content (AvgIpc) is 3.63. The molecule has 1 aromatic rings. The van der Waals surface area contributed by atoms with Gasteiger partial charge in [0.15, 0.2) is 5.88 Å². The van der Waals surface area contributed by atoms with E-state index in [1.165, 1.54) is 0 Å². The summed E-state index contributed by atoms with van der Waals surface area (Å²) in [5.74, 6) is 6.94. The lowest BCUT2D eigenvalue weighted by Crippen LogP contribution is -2.47. The fourth-order valence-corrected chi connectivity index (χ4v) is 6.97. The minimum Gasteiger partial charge on any atom is -0.477 e. The molecule has 0 unspecified atom stereocenters. The number of nitrogens with two attached hydrogens (primary N) is 2. The molecule has 8 nitrogen and oxygen atoms in total. The summed E-state index contributed by atoms with van der Waals surface area (Å²) < 4.78 is 6.06. The highest BCUT2D eigenvalue weighted by Gasteiger charge is 2.38. The van der Waals surface area contributed by atoms with Gasteiger partial charge < -0.3 is 31.1 Å². The Kier molecular flexibility index (Phi) is 10.5. The first-order valence-electron chi connectivity index (χ1n) is 15.5. The standard InChI is InChI=1S/C33H48N4O4S/c1-22-7-9-23(10-8-22)31(38)37(27-21-26(17-18-33(2,3)4)42-30(27)32(39)40)24-11-13-25(14-12-24)41-29(35)16-15-28(34)36-19-5-6-20-36/h15-16,21-25H,5-14,19-20,34-35H2,1-4H3,(H,39,40)/b28-15+,29-16+. The van der Waals surface area contributed by atoms with Crippen LogP contribution in [0, 0.1) is 29.1 Å². The normalized spacial score (nSPS) is 25.5. The van der Waals surface area contributed by atoms with E-state index in [2.05, 4.69) is 23.7 Å². The molecule has 2 saturated carbocycles. The number of hydrogen-bond acceptors (Lipinski definition) is 7. The van der Waals surface area contributed by atoms with E-state index in [1.54, 1.807) is 6.08 Å². The van der Waals surface area contributed by atoms with Crippen molar-refractivity contribution in [2.45, 2.75) is 104 Å². The van der Waals surface area contributed by atoms with Crippen LogP contribution in [0.4, 0.5) is 5.69 Å². The molecule has 2 heterocycles. The Balaban J connectivity index is 1.52. The second-order valence-electron chi connectivity index (χ2n) is 13.2. The first kappa shape index (κ1) is 31.8. The van der Waals surface area contributed by atoms with E-state index in [9.17, 15) is 14.7 Å². The minimum atomic E-state index is -1.02. The second kappa shape index (κ2) is 13.9. The van der Waals surface area contributed by atoms with Gasteiger partial charge in [-0.15, -0.1) is 11.3 Å². The Morgan fingerprint density at radius 3 is 2.29 bits per heavy atom. The molecule has 2 aliphatic carbocycles. The van der Waals surface area contributed by atoms with Crippen molar-refractivity contribution < 1.29 is 19.4 Å². The van der Waals surface area contributed by atoms with Crippen molar-refractivity contribution >= 4 is 28.9 Å². The van der Waals surface area contributed by atoms with E-state index in [0.717, 1.165) is 75.8 Å². The van der Waals surface area contributed by atoms with Crippen LogP contribution in [0.5, 0.6) is 0 Å². The van der Waals surface area contributed by atoms with E-state index in [-0.39, 0.29) is 34.3 Å². The third kappa shape index (κ3) is 8.47. The Morgan fingerprint density at radius 2 is 1.69 bits per heavy atom. The molecule has 1 aliphatic heterocycles. The highest BCUT2D eigenvalue weighted by Crippen LogP contribution is 2.39. The number of nitrogens with zero attached hydrogens (tertiary/aromatic N) is 2. The zero-order valence-corrected chi connectivity index (χ0v) is 26.5. The fraction of sp³-hybridized carbons (Fsp3) is 0.636. The van der Waals surface area contributed by atoms with E-state index in [1.807, 2.05) is 37.8 Å². The molecular formula is C33H48N4O4S. The number of hydrogen-bond donors (Lipinski definition) is 3. The molecule has 0 spiro atoms. The number of thiophene rings is 1. The smallest absolute Gasteiger partial charge is 0.348 e. The highest BCUT2D eigenvalue weighted by atomic mass is 32.1. The molecule has 1 aromatic heterocycles. The summed E-state index contributed by atoms with van der Waals surface area (Å²) in [7, 11) is 0. The van der Waals surface area contributed by atoms with E-state index < -0.39 is 5.97 Å². The van der Waals surface area contributed by atoms with Crippen molar-refractivity contribution in [3.63, 3.8) is 0 Å². The van der Waals surface area contributed by atoms with Crippen molar-refractivity contribution in [2.24, 2.45) is 28.7 Å². The van der Waals surface area contributed by atoms with Crippen LogP contribution in [0.2, 0.25) is 0 Å². The van der Waals surface area contributed by atoms with Gasteiger partial charge >= 0.3 is 5.97 Å². The zero-order chi connectivity index (χ0) is 30.4. The first-order chi connectivity index (χ1) is 19.9. The third-order valence-corrected chi connectivity index (χ3v) is 9.56. The van der Waals surface area contributed by atoms with Gasteiger partial charge in [-0.05, 0) is 103 Å². The lowest BCUT2D eigenvalue weighted by Gasteiger charge is -2.39. The van der Waals surface area contributed by atoms with Gasteiger partial charge in [-0.3, -0.25) is 4.79 Å². The van der Waals surface area contributed by atoms with Gasteiger partial charge in [-0.1, -0.05) is 18.8 Å². The molecule has 230 valence electrons. The van der Waals surface area contributed by atoms with Gasteiger partial charge in [0, 0.05) is 36.5 Å². The molecule has 0 radical (unpaired) electrons. The molecule has 0 atom stereocenters. The summed E-state index contributed by atoms with van der Waals surface area (Å²) in [6, 6.07) is 1.71. The van der Waals surface area contributed by atoms with Crippen LogP contribution < -0.4 is 16.4 Å². The number of carbonyl (C=O) groups is 2. The Morgan fingerprint density at radius 1 is 1.05 bits per heavy atom. The summed E-state index contributed by atoms with van der Waals surface area (Å²) in [4.78, 5) is 31.4. The average molecular weight is 597 g/mol. The van der Waals surface area contributed by atoms with Crippen LogP contribution in [0.1, 0.15) is 106 Å². The van der Waals surface area contributed by atoms with Crippen LogP contribution in [0.15, 0.2) is 29.9 Å². The molecule has 4 rings (SSSR count). The van der Waals surface area contributed by atoms with Gasteiger partial charge in [0.25, 0.3) is 0 Å². The topological polar surface area (TPSA) is 122 Å². The summed E-state index contributed by atoms with van der Waals surface area (Å²) in [6.45, 7) is 10.2. The van der Waals surface area contributed by atoms with Crippen molar-refractivity contribution in [1.29, 1.82) is 0 Å². The Labute approximate surface area is 255 Å². The maximum atomic E-state index is 14.1. The molecule has 1 amide bonds. The number of carboxylic acids is 1. The van der Waals surface area contributed by atoms with Gasteiger partial charge in [-0.25, -0.2) is 4.79 Å². The number of amides is 1. The number of rotatable bonds is 8. The molecule has 9 heteroatoms. The quantitative estimate of drug-likeness (QED) is 0.190. The molecule has 3 fully saturated rings. The lowest BCUT2D eigenvalue weighted by atomic mass is 9.81. The number of ether oxygens (including phenoxy) is 1. The number of anilines is 1. The molecule has 5 N–H and O–H groups in total. The fourth-order valence-electron chi connectivity index (χ4n) is 6.12. The minimum absolute atomic E-state index is 0.0452. The zero-order valence-electron chi connectivity index (χ0n) is 25.7. The second-order valence-corrected chi connectivity index (χ2v) is 14.3. The molecule has 0 bridgehead atoms. The van der Waals surface area contributed by atoms with Crippen molar-refractivity contribution in [3.8, 4) is 11.8 Å². The maximum Gasteiger partial charge on any atom is 0.348 e. The van der Waals surface area contributed by atoms with Gasteiger partial charge in [0.1, 0.15) is 11.0 Å². The number of likely N-dealkylation sites (tertiary alicyclic amines) is 1. The van der Waals surface area contributed by atoms with E-state index >= 15 is 0 Å². The molecule has 1 saturated heterocycles. The van der Waals surface area contributed by atoms with E-state index in [4.69, 9.17) is 16.2 Å². The number of allylic oxidation sites excluding steroid dienone is 2. The van der Waals surface area contributed by atoms with Crippen LogP contribution >= 0.6 is 11.3 Å². The highest BCUT2D eigenvalue weighted by molar-refractivity contribution is 7.15. The molecule has 42 heavy (non-hydrogen) atoms. The largest absolute Gasteiger partial charge is 0.477 e. The summed E-state index contributed by atoms with van der Waals surface area (Å²) in [5.41, 5.74) is 12.6. The Hall–Kier alpha value is -3.12. The van der Waals surface area contributed by atoms with Gasteiger partial charge in [0.2, 0.25) is 5.91 Å². The van der Waals surface area contributed by atoms with Crippen LogP contribution in [-0.4, -0.2) is 47.1 Å². The Bertz CT molecular complexity index is 1230. The molecule has 0 aromatic carbocycles. The predicted octanol–water partition coefficient (Wildman–Crippen LogP) is 6.03. The van der Waals surface area contributed by atoms with Crippen LogP contribution in [0.3, 0.4) is 0 Å².